The summed E-state index contributed by atoms with van der Waals surface area (Å²) >= 11 is 0. The fraction of sp³-hybridized carbons (Fsp3) is 0.333. The molecule has 0 saturated heterocycles. The van der Waals surface area contributed by atoms with E-state index in [-0.39, 0.29) is 23.5 Å². The minimum atomic E-state index is -1.01. The number of benzene rings is 3. The molecule has 0 bridgehead atoms. The minimum absolute atomic E-state index is 0.0255. The molecule has 0 unspecified atom stereocenters. The molecule has 190 valence electrons. The lowest BCUT2D eigenvalue weighted by Crippen LogP contribution is -2.34. The van der Waals surface area contributed by atoms with Crippen LogP contribution in [0.5, 0.6) is 11.5 Å². The second-order valence-corrected chi connectivity index (χ2v) is 9.69. The molecule has 1 amide bonds. The first-order valence-electron chi connectivity index (χ1n) is 12.2. The van der Waals surface area contributed by atoms with Crippen molar-refractivity contribution < 1.29 is 24.2 Å². The van der Waals surface area contributed by atoms with Gasteiger partial charge in [0.05, 0.1) is 6.61 Å². The first kappa shape index (κ1) is 26.8. The van der Waals surface area contributed by atoms with Gasteiger partial charge in [0.1, 0.15) is 17.1 Å². The van der Waals surface area contributed by atoms with E-state index in [0.717, 1.165) is 11.1 Å². The Bertz CT molecular complexity index is 1150. The molecule has 1 N–H and O–H groups in total. The molecule has 3 rings (SSSR count). The summed E-state index contributed by atoms with van der Waals surface area (Å²) in [5.74, 6) is -0.0994. The van der Waals surface area contributed by atoms with Crippen LogP contribution in [0, 0.1) is 0 Å². The molecule has 0 aromatic heterocycles. The van der Waals surface area contributed by atoms with Crippen LogP contribution in [0.15, 0.2) is 72.8 Å². The first-order valence-corrected chi connectivity index (χ1v) is 12.2. The van der Waals surface area contributed by atoms with Crippen molar-refractivity contribution >= 4 is 11.9 Å². The topological polar surface area (TPSA) is 76.1 Å². The molecule has 0 atom stereocenters. The third-order valence-electron chi connectivity index (χ3n) is 5.98. The number of aromatic carboxylic acids is 1. The Morgan fingerprint density at radius 3 is 2.11 bits per heavy atom. The zero-order valence-electron chi connectivity index (χ0n) is 21.5. The Kier molecular flexibility index (Phi) is 9.12. The van der Waals surface area contributed by atoms with E-state index < -0.39 is 5.97 Å². The van der Waals surface area contributed by atoms with Gasteiger partial charge in [0.2, 0.25) is 0 Å². The highest BCUT2D eigenvalue weighted by atomic mass is 16.5. The number of carboxylic acid groups (broad SMARTS) is 1. The van der Waals surface area contributed by atoms with E-state index >= 15 is 0 Å². The predicted molar refractivity (Wildman–Crippen MR) is 141 cm³/mol. The van der Waals surface area contributed by atoms with Gasteiger partial charge in [-0.05, 0) is 53.3 Å². The van der Waals surface area contributed by atoms with Crippen molar-refractivity contribution in [1.29, 1.82) is 0 Å². The molecule has 0 aliphatic rings. The van der Waals surface area contributed by atoms with Crippen molar-refractivity contribution in [3.05, 3.63) is 95.1 Å². The lowest BCUT2D eigenvalue weighted by molar-refractivity contribution is -0.133. The number of carbonyl (C=O) groups excluding carboxylic acids is 1. The SMILES string of the molecule is CCN(Cc1ccc(C(C)(C)C)cc1)C(=O)COc1ccc(CCOc2ccccc2C(=O)O)cc1. The van der Waals surface area contributed by atoms with Crippen molar-refractivity contribution in [2.24, 2.45) is 0 Å². The second kappa shape index (κ2) is 12.2. The maximum absolute atomic E-state index is 12.7. The Labute approximate surface area is 213 Å². The van der Waals surface area contributed by atoms with Crippen molar-refractivity contribution in [3.63, 3.8) is 0 Å². The minimum Gasteiger partial charge on any atom is -0.492 e. The van der Waals surface area contributed by atoms with E-state index in [1.165, 1.54) is 11.6 Å². The number of carbonyl (C=O) groups is 2. The standard InChI is InChI=1S/C30H35NO5/c1-5-31(20-23-10-14-24(15-11-23)30(2,3)4)28(32)21-36-25-16-12-22(13-17-25)18-19-35-27-9-7-6-8-26(27)29(33)34/h6-17H,5,18-21H2,1-4H3,(H,33,34). The van der Waals surface area contributed by atoms with Crippen molar-refractivity contribution in [3.8, 4) is 11.5 Å². The van der Waals surface area contributed by atoms with Crippen LogP contribution in [0.2, 0.25) is 0 Å². The summed E-state index contributed by atoms with van der Waals surface area (Å²) in [5, 5.41) is 9.24. The number of hydrogen-bond donors (Lipinski definition) is 1. The number of likely N-dealkylation sites (N-methyl/N-ethyl adjacent to an activating group) is 1. The highest BCUT2D eigenvalue weighted by molar-refractivity contribution is 5.90. The van der Waals surface area contributed by atoms with Crippen LogP contribution in [0.1, 0.15) is 54.7 Å². The van der Waals surface area contributed by atoms with Crippen LogP contribution in [-0.2, 0) is 23.2 Å². The smallest absolute Gasteiger partial charge is 0.339 e. The third kappa shape index (κ3) is 7.60. The van der Waals surface area contributed by atoms with Crippen molar-refractivity contribution in [2.75, 3.05) is 19.8 Å². The highest BCUT2D eigenvalue weighted by Gasteiger charge is 2.16. The van der Waals surface area contributed by atoms with Gasteiger partial charge >= 0.3 is 5.97 Å². The number of para-hydroxylation sites is 1. The van der Waals surface area contributed by atoms with Crippen LogP contribution < -0.4 is 9.47 Å². The molecular weight excluding hydrogens is 454 g/mol. The molecule has 6 heteroatoms. The number of hydrogen-bond acceptors (Lipinski definition) is 4. The molecule has 3 aromatic carbocycles. The summed E-state index contributed by atoms with van der Waals surface area (Å²) in [4.78, 5) is 25.8. The largest absolute Gasteiger partial charge is 0.492 e. The molecule has 0 aliphatic carbocycles. The average molecular weight is 490 g/mol. The summed E-state index contributed by atoms with van der Waals surface area (Å²) in [6.45, 7) is 10.00. The van der Waals surface area contributed by atoms with Gasteiger partial charge in [-0.15, -0.1) is 0 Å². The number of rotatable bonds is 11. The van der Waals surface area contributed by atoms with Crippen LogP contribution >= 0.6 is 0 Å². The van der Waals surface area contributed by atoms with Crippen LogP contribution in [0.3, 0.4) is 0 Å². The highest BCUT2D eigenvalue weighted by Crippen LogP contribution is 2.23. The first-order chi connectivity index (χ1) is 17.2. The van der Waals surface area contributed by atoms with E-state index in [0.29, 0.717) is 37.6 Å². The summed E-state index contributed by atoms with van der Waals surface area (Å²) in [6, 6.07) is 22.5. The quantitative estimate of drug-likeness (QED) is 0.372. The number of carboxylic acids is 1. The Balaban J connectivity index is 1.47. The molecular formula is C30H35NO5. The van der Waals surface area contributed by atoms with E-state index in [1.54, 1.807) is 23.1 Å². The van der Waals surface area contributed by atoms with Gasteiger partial charge in [-0.2, -0.15) is 0 Å². The molecule has 6 nitrogen and oxygen atoms in total. The van der Waals surface area contributed by atoms with E-state index in [1.807, 2.05) is 31.2 Å². The van der Waals surface area contributed by atoms with Crippen molar-refractivity contribution in [1.82, 2.24) is 4.90 Å². The van der Waals surface area contributed by atoms with Gasteiger partial charge in [0.25, 0.3) is 5.91 Å². The van der Waals surface area contributed by atoms with E-state index in [9.17, 15) is 14.7 Å². The molecule has 36 heavy (non-hydrogen) atoms. The van der Waals surface area contributed by atoms with Gasteiger partial charge in [-0.3, -0.25) is 4.79 Å². The Morgan fingerprint density at radius 2 is 1.50 bits per heavy atom. The summed E-state index contributed by atoms with van der Waals surface area (Å²) in [7, 11) is 0. The lowest BCUT2D eigenvalue weighted by Gasteiger charge is -2.23. The number of ether oxygens (including phenoxy) is 2. The number of nitrogens with zero attached hydrogens (tertiary/aromatic N) is 1. The van der Waals surface area contributed by atoms with Gasteiger partial charge in [-0.25, -0.2) is 4.79 Å². The number of amides is 1. The summed E-state index contributed by atoms with van der Waals surface area (Å²) in [5.41, 5.74) is 3.63. The van der Waals surface area contributed by atoms with E-state index in [4.69, 9.17) is 9.47 Å². The zero-order valence-corrected chi connectivity index (χ0v) is 21.5. The van der Waals surface area contributed by atoms with Crippen molar-refractivity contribution in [2.45, 2.75) is 46.1 Å². The summed E-state index contributed by atoms with van der Waals surface area (Å²) < 4.78 is 11.4. The van der Waals surface area contributed by atoms with Gasteiger partial charge < -0.3 is 19.5 Å². The maximum Gasteiger partial charge on any atom is 0.339 e. The second-order valence-electron chi connectivity index (χ2n) is 9.69. The van der Waals surface area contributed by atoms with Crippen LogP contribution in [-0.4, -0.2) is 41.6 Å². The molecule has 0 saturated carbocycles. The van der Waals surface area contributed by atoms with E-state index in [2.05, 4.69) is 45.0 Å². The molecule has 3 aromatic rings. The van der Waals surface area contributed by atoms with Crippen LogP contribution in [0.25, 0.3) is 0 Å². The summed E-state index contributed by atoms with van der Waals surface area (Å²) in [6.07, 6.45) is 0.616. The molecule has 0 heterocycles. The predicted octanol–water partition coefficient (Wildman–Crippen LogP) is 5.73. The average Bonchev–Trinajstić information content (AvgIpc) is 2.86. The fourth-order valence-corrected chi connectivity index (χ4v) is 3.74. The van der Waals surface area contributed by atoms with Gasteiger partial charge in [-0.1, -0.05) is 69.3 Å². The maximum atomic E-state index is 12.7. The van der Waals surface area contributed by atoms with Crippen LogP contribution in [0.4, 0.5) is 0 Å². The normalized spacial score (nSPS) is 11.1. The van der Waals surface area contributed by atoms with Gasteiger partial charge in [0.15, 0.2) is 6.61 Å². The van der Waals surface area contributed by atoms with Gasteiger partial charge in [0, 0.05) is 19.5 Å². The Hall–Kier alpha value is -3.80. The monoisotopic (exact) mass is 489 g/mol. The zero-order chi connectivity index (χ0) is 26.1. The lowest BCUT2D eigenvalue weighted by atomic mass is 9.87. The molecule has 0 fully saturated rings. The molecule has 0 radical (unpaired) electrons. The Morgan fingerprint density at radius 1 is 0.861 bits per heavy atom. The fourth-order valence-electron chi connectivity index (χ4n) is 3.74. The molecule has 0 spiro atoms. The third-order valence-corrected chi connectivity index (χ3v) is 5.98. The molecule has 0 aliphatic heterocycles.